The quantitative estimate of drug-likeness (QED) is 0.429. The number of furan rings is 1. The number of anilines is 2. The van der Waals surface area contributed by atoms with E-state index < -0.39 is 0 Å². The maximum Gasteiger partial charge on any atom is 0.248 e. The van der Waals surface area contributed by atoms with Crippen molar-refractivity contribution in [3.05, 3.63) is 75.9 Å². The monoisotopic (exact) mass is 416 g/mol. The summed E-state index contributed by atoms with van der Waals surface area (Å²) in [6, 6.07) is 16.2. The number of nitrogen functional groups attached to an aromatic ring is 1. The van der Waals surface area contributed by atoms with Gasteiger partial charge in [0.2, 0.25) is 5.91 Å². The Bertz CT molecular complexity index is 933. The number of benzene rings is 2. The van der Waals surface area contributed by atoms with E-state index in [1.165, 1.54) is 6.08 Å². The standard InChI is InChI=1S/C19H14BrClN2O2/c20-16-11-14(22)5-8-17(16)23-19(24)10-7-15-6-9-18(25-15)12-1-3-13(21)4-2-12/h1-11H,22H2,(H,23,24)/b10-7+. The molecule has 3 rings (SSSR count). The van der Waals surface area contributed by atoms with Crippen molar-refractivity contribution >= 4 is 50.9 Å². The maximum atomic E-state index is 12.0. The van der Waals surface area contributed by atoms with Crippen LogP contribution >= 0.6 is 27.5 Å². The Morgan fingerprint density at radius 2 is 1.88 bits per heavy atom. The van der Waals surface area contributed by atoms with E-state index in [1.54, 1.807) is 42.5 Å². The lowest BCUT2D eigenvalue weighted by molar-refractivity contribution is -0.111. The molecule has 0 saturated carbocycles. The molecule has 0 aliphatic carbocycles. The second-order valence-electron chi connectivity index (χ2n) is 5.27. The highest BCUT2D eigenvalue weighted by molar-refractivity contribution is 9.10. The van der Waals surface area contributed by atoms with E-state index in [2.05, 4.69) is 21.2 Å². The third-order valence-corrected chi connectivity index (χ3v) is 4.31. The SMILES string of the molecule is Nc1ccc(NC(=O)/C=C/c2ccc(-c3ccc(Cl)cc3)o2)c(Br)c1. The lowest BCUT2D eigenvalue weighted by Crippen LogP contribution is -2.08. The number of amides is 1. The van der Waals surface area contributed by atoms with Crippen LogP contribution in [0.1, 0.15) is 5.76 Å². The van der Waals surface area contributed by atoms with Gasteiger partial charge in [-0.2, -0.15) is 0 Å². The Hall–Kier alpha value is -2.50. The topological polar surface area (TPSA) is 68.3 Å². The predicted molar refractivity (Wildman–Crippen MR) is 105 cm³/mol. The molecule has 0 fully saturated rings. The van der Waals surface area contributed by atoms with E-state index in [1.807, 2.05) is 18.2 Å². The highest BCUT2D eigenvalue weighted by atomic mass is 79.9. The summed E-state index contributed by atoms with van der Waals surface area (Å²) in [6.07, 6.45) is 3.02. The number of halogens is 2. The molecule has 0 atom stereocenters. The van der Waals surface area contributed by atoms with Crippen molar-refractivity contribution in [2.45, 2.75) is 0 Å². The zero-order valence-corrected chi connectivity index (χ0v) is 15.3. The van der Waals surface area contributed by atoms with E-state index in [-0.39, 0.29) is 5.91 Å². The third kappa shape index (κ3) is 4.53. The first kappa shape index (κ1) is 17.3. The second-order valence-corrected chi connectivity index (χ2v) is 6.56. The summed E-state index contributed by atoms with van der Waals surface area (Å²) in [5, 5.41) is 3.44. The summed E-state index contributed by atoms with van der Waals surface area (Å²) in [5.41, 5.74) is 7.85. The van der Waals surface area contributed by atoms with Crippen LogP contribution in [0.4, 0.5) is 11.4 Å². The van der Waals surface area contributed by atoms with Gasteiger partial charge >= 0.3 is 0 Å². The molecule has 1 amide bonds. The van der Waals surface area contributed by atoms with Gasteiger partial charge in [-0.3, -0.25) is 4.79 Å². The van der Waals surface area contributed by atoms with E-state index in [0.717, 1.165) is 10.0 Å². The number of hydrogen-bond acceptors (Lipinski definition) is 3. The van der Waals surface area contributed by atoms with Crippen LogP contribution in [0.3, 0.4) is 0 Å². The van der Waals surface area contributed by atoms with Crippen molar-refractivity contribution in [2.75, 3.05) is 11.1 Å². The molecule has 2 aromatic carbocycles. The molecule has 1 heterocycles. The molecule has 4 nitrogen and oxygen atoms in total. The number of nitrogens with two attached hydrogens (primary N) is 1. The van der Waals surface area contributed by atoms with E-state index in [0.29, 0.717) is 27.9 Å². The highest BCUT2D eigenvalue weighted by Gasteiger charge is 2.05. The van der Waals surface area contributed by atoms with Crippen LogP contribution in [0, 0.1) is 0 Å². The predicted octanol–water partition coefficient (Wildman–Crippen LogP) is 5.60. The number of hydrogen-bond donors (Lipinski definition) is 2. The van der Waals surface area contributed by atoms with Crippen LogP contribution in [0.5, 0.6) is 0 Å². The summed E-state index contributed by atoms with van der Waals surface area (Å²) >= 11 is 9.24. The minimum atomic E-state index is -0.269. The molecule has 0 aliphatic rings. The number of nitrogens with one attached hydrogen (secondary N) is 1. The van der Waals surface area contributed by atoms with Gasteiger partial charge in [0.05, 0.1) is 5.69 Å². The van der Waals surface area contributed by atoms with Crippen molar-refractivity contribution in [3.8, 4) is 11.3 Å². The second kappa shape index (κ2) is 7.59. The Morgan fingerprint density at radius 1 is 1.12 bits per heavy atom. The first-order valence-corrected chi connectivity index (χ1v) is 8.58. The molecule has 1 aromatic heterocycles. The van der Waals surface area contributed by atoms with Crippen LogP contribution in [-0.4, -0.2) is 5.91 Å². The largest absolute Gasteiger partial charge is 0.457 e. The van der Waals surface area contributed by atoms with Crippen molar-refractivity contribution in [3.63, 3.8) is 0 Å². The normalized spacial score (nSPS) is 11.0. The van der Waals surface area contributed by atoms with Crippen molar-refractivity contribution in [2.24, 2.45) is 0 Å². The lowest BCUT2D eigenvalue weighted by atomic mass is 10.2. The van der Waals surface area contributed by atoms with Gasteiger partial charge in [-0.15, -0.1) is 0 Å². The molecule has 0 unspecified atom stereocenters. The van der Waals surface area contributed by atoms with Crippen molar-refractivity contribution in [1.29, 1.82) is 0 Å². The minimum absolute atomic E-state index is 0.269. The first-order chi connectivity index (χ1) is 12.0. The van der Waals surface area contributed by atoms with Gasteiger partial charge in [0.25, 0.3) is 0 Å². The Labute approximate surface area is 158 Å². The maximum absolute atomic E-state index is 12.0. The molecular formula is C19H14BrClN2O2. The van der Waals surface area contributed by atoms with Gasteiger partial charge in [0, 0.05) is 26.8 Å². The Kier molecular flexibility index (Phi) is 5.26. The fourth-order valence-corrected chi connectivity index (χ4v) is 2.80. The number of carbonyl (C=O) groups excluding carboxylic acids is 1. The Morgan fingerprint density at radius 3 is 2.60 bits per heavy atom. The zero-order chi connectivity index (χ0) is 17.8. The van der Waals surface area contributed by atoms with Crippen molar-refractivity contribution in [1.82, 2.24) is 0 Å². The molecule has 126 valence electrons. The number of rotatable bonds is 4. The summed E-state index contributed by atoms with van der Waals surface area (Å²) in [4.78, 5) is 12.0. The third-order valence-electron chi connectivity index (χ3n) is 3.41. The van der Waals surface area contributed by atoms with Crippen LogP contribution in [0.15, 0.2) is 69.6 Å². The Balaban J connectivity index is 1.67. The van der Waals surface area contributed by atoms with Gasteiger partial charge in [0.15, 0.2) is 0 Å². The van der Waals surface area contributed by atoms with Crippen LogP contribution in [-0.2, 0) is 4.79 Å². The van der Waals surface area contributed by atoms with E-state index in [4.69, 9.17) is 21.8 Å². The van der Waals surface area contributed by atoms with Crippen LogP contribution in [0.2, 0.25) is 5.02 Å². The molecular weight excluding hydrogens is 404 g/mol. The summed E-state index contributed by atoms with van der Waals surface area (Å²) in [5.74, 6) is 1.02. The zero-order valence-electron chi connectivity index (χ0n) is 13.0. The van der Waals surface area contributed by atoms with Gasteiger partial charge in [-0.05, 0) is 76.6 Å². The lowest BCUT2D eigenvalue weighted by Gasteiger charge is -2.05. The smallest absolute Gasteiger partial charge is 0.248 e. The molecule has 0 spiro atoms. The fourth-order valence-electron chi connectivity index (χ4n) is 2.18. The summed E-state index contributed by atoms with van der Waals surface area (Å²) in [7, 11) is 0. The molecule has 0 bridgehead atoms. The number of carbonyl (C=O) groups is 1. The molecule has 0 radical (unpaired) electrons. The summed E-state index contributed by atoms with van der Waals surface area (Å²) in [6.45, 7) is 0. The van der Waals surface area contributed by atoms with Gasteiger partial charge < -0.3 is 15.5 Å². The molecule has 0 aliphatic heterocycles. The molecule has 6 heteroatoms. The van der Waals surface area contributed by atoms with Gasteiger partial charge in [-0.1, -0.05) is 11.6 Å². The molecule has 25 heavy (non-hydrogen) atoms. The molecule has 3 N–H and O–H groups in total. The van der Waals surface area contributed by atoms with Crippen molar-refractivity contribution < 1.29 is 9.21 Å². The summed E-state index contributed by atoms with van der Waals surface area (Å²) < 4.78 is 6.43. The van der Waals surface area contributed by atoms with Crippen LogP contribution < -0.4 is 11.1 Å². The van der Waals surface area contributed by atoms with Gasteiger partial charge in [-0.25, -0.2) is 0 Å². The average molecular weight is 418 g/mol. The fraction of sp³-hybridized carbons (Fsp3) is 0. The van der Waals surface area contributed by atoms with Gasteiger partial charge in [0.1, 0.15) is 11.5 Å². The van der Waals surface area contributed by atoms with E-state index in [9.17, 15) is 4.79 Å². The molecule has 0 saturated heterocycles. The molecule has 3 aromatic rings. The highest BCUT2D eigenvalue weighted by Crippen LogP contribution is 2.26. The minimum Gasteiger partial charge on any atom is -0.457 e. The van der Waals surface area contributed by atoms with E-state index >= 15 is 0 Å². The first-order valence-electron chi connectivity index (χ1n) is 7.41. The van der Waals surface area contributed by atoms with Crippen LogP contribution in [0.25, 0.3) is 17.4 Å². The average Bonchev–Trinajstić information content (AvgIpc) is 3.05.